The molecule has 1 amide bonds. The van der Waals surface area contributed by atoms with Crippen molar-refractivity contribution in [1.82, 2.24) is 5.32 Å². The van der Waals surface area contributed by atoms with Crippen LogP contribution in [0.2, 0.25) is 0 Å². The first-order chi connectivity index (χ1) is 41.5. The number of hydrogen-bond donors (Lipinski definition) is 3. The van der Waals surface area contributed by atoms with E-state index < -0.39 is 12.1 Å². The summed E-state index contributed by atoms with van der Waals surface area (Å²) in [6, 6.07) is -0.537. The average Bonchev–Trinajstić information content (AvgIpc) is 3.50. The molecule has 0 aromatic rings. The predicted molar refractivity (Wildman–Crippen MR) is 371 cm³/mol. The SMILES string of the molecule is CCCCCCCCCCCCCCCCCCCCCC(=O)OCCCCCCCCCCCCCCCCCCCCCCCCCCCCCCCCCCC(=O)NC(CO)C(O)CCCCCCCCCCCCCCCCCC. The maximum Gasteiger partial charge on any atom is 0.305 e. The lowest BCUT2D eigenvalue weighted by Crippen LogP contribution is -2.45. The van der Waals surface area contributed by atoms with Crippen LogP contribution in [0.4, 0.5) is 0 Å². The summed E-state index contributed by atoms with van der Waals surface area (Å²) in [7, 11) is 0. The van der Waals surface area contributed by atoms with Gasteiger partial charge in [0.1, 0.15) is 0 Å². The van der Waals surface area contributed by atoms with Crippen molar-refractivity contribution < 1.29 is 24.5 Å². The number of carbonyl (C=O) groups is 2. The van der Waals surface area contributed by atoms with E-state index in [4.69, 9.17) is 4.74 Å². The van der Waals surface area contributed by atoms with Crippen LogP contribution >= 0.6 is 0 Å². The number of ether oxygens (including phenoxy) is 1. The van der Waals surface area contributed by atoms with Crippen molar-refractivity contribution in [1.29, 1.82) is 0 Å². The van der Waals surface area contributed by atoms with Gasteiger partial charge >= 0.3 is 5.97 Å². The zero-order valence-electron chi connectivity index (χ0n) is 57.7. The summed E-state index contributed by atoms with van der Waals surface area (Å²) in [5, 5.41) is 23.4. The van der Waals surface area contributed by atoms with E-state index in [1.165, 1.54) is 392 Å². The van der Waals surface area contributed by atoms with Crippen LogP contribution in [0, 0.1) is 0 Å². The largest absolute Gasteiger partial charge is 0.466 e. The number of nitrogens with one attached hydrogen (secondary N) is 1. The molecule has 0 bridgehead atoms. The fraction of sp³-hybridized carbons (Fsp3) is 0.974. The summed E-state index contributed by atoms with van der Waals surface area (Å²) < 4.78 is 5.52. The molecule has 0 aliphatic heterocycles. The lowest BCUT2D eigenvalue weighted by molar-refractivity contribution is -0.143. The topological polar surface area (TPSA) is 95.9 Å². The van der Waals surface area contributed by atoms with Crippen LogP contribution < -0.4 is 5.32 Å². The van der Waals surface area contributed by atoms with Crippen molar-refractivity contribution in [3.8, 4) is 0 Å². The molecule has 6 heteroatoms. The highest BCUT2D eigenvalue weighted by Gasteiger charge is 2.20. The Bertz CT molecular complexity index is 1230. The van der Waals surface area contributed by atoms with E-state index >= 15 is 0 Å². The second kappa shape index (κ2) is 74.3. The van der Waals surface area contributed by atoms with E-state index in [-0.39, 0.29) is 18.5 Å². The van der Waals surface area contributed by atoms with Gasteiger partial charge in [-0.3, -0.25) is 9.59 Å². The third-order valence-electron chi connectivity index (χ3n) is 18.9. The van der Waals surface area contributed by atoms with Crippen LogP contribution in [0.1, 0.15) is 463 Å². The van der Waals surface area contributed by atoms with Gasteiger partial charge in [-0.15, -0.1) is 0 Å². The Balaban J connectivity index is 3.29. The maximum atomic E-state index is 12.5. The zero-order chi connectivity index (χ0) is 60.6. The lowest BCUT2D eigenvalue weighted by Gasteiger charge is -2.22. The van der Waals surface area contributed by atoms with Gasteiger partial charge < -0.3 is 20.3 Å². The second-order valence-electron chi connectivity index (χ2n) is 27.4. The van der Waals surface area contributed by atoms with Crippen LogP contribution in [-0.2, 0) is 14.3 Å². The molecule has 2 unspecified atom stereocenters. The van der Waals surface area contributed by atoms with E-state index in [2.05, 4.69) is 19.2 Å². The van der Waals surface area contributed by atoms with Gasteiger partial charge in [-0.1, -0.05) is 425 Å². The molecular weight excluding hydrogens is 1030 g/mol. The van der Waals surface area contributed by atoms with Crippen molar-refractivity contribution in [3.05, 3.63) is 0 Å². The van der Waals surface area contributed by atoms with Gasteiger partial charge in [-0.25, -0.2) is 0 Å². The number of aliphatic hydroxyl groups excluding tert-OH is 2. The maximum absolute atomic E-state index is 12.5. The summed E-state index contributed by atoms with van der Waals surface area (Å²) in [6.07, 6.45) is 92.0. The van der Waals surface area contributed by atoms with Crippen LogP contribution in [-0.4, -0.2) is 47.4 Å². The molecule has 0 rings (SSSR count). The van der Waals surface area contributed by atoms with Gasteiger partial charge in [0, 0.05) is 12.8 Å². The number of carbonyl (C=O) groups excluding carboxylic acids is 2. The van der Waals surface area contributed by atoms with Gasteiger partial charge in [-0.2, -0.15) is 0 Å². The molecule has 0 saturated carbocycles. The minimum Gasteiger partial charge on any atom is -0.466 e. The highest BCUT2D eigenvalue weighted by molar-refractivity contribution is 5.76. The molecule has 0 spiro atoms. The summed E-state index contributed by atoms with van der Waals surface area (Å²) in [5.41, 5.74) is 0. The second-order valence-corrected chi connectivity index (χ2v) is 27.4. The van der Waals surface area contributed by atoms with Gasteiger partial charge in [0.25, 0.3) is 0 Å². The Morgan fingerprint density at radius 3 is 0.726 bits per heavy atom. The third-order valence-corrected chi connectivity index (χ3v) is 18.9. The normalized spacial score (nSPS) is 12.4. The number of aliphatic hydroxyl groups is 2. The quantitative estimate of drug-likeness (QED) is 0.0417. The first-order valence-electron chi connectivity index (χ1n) is 39.3. The van der Waals surface area contributed by atoms with Gasteiger partial charge in [-0.05, 0) is 25.7 Å². The van der Waals surface area contributed by atoms with Crippen LogP contribution in [0.25, 0.3) is 0 Å². The first-order valence-corrected chi connectivity index (χ1v) is 39.3. The van der Waals surface area contributed by atoms with Gasteiger partial charge in [0.2, 0.25) is 5.91 Å². The van der Waals surface area contributed by atoms with Crippen LogP contribution in [0.3, 0.4) is 0 Å². The molecule has 2 atom stereocenters. The molecule has 0 saturated heterocycles. The van der Waals surface area contributed by atoms with Crippen molar-refractivity contribution >= 4 is 11.9 Å². The molecule has 0 fully saturated rings. The smallest absolute Gasteiger partial charge is 0.305 e. The molecule has 3 N–H and O–H groups in total. The fourth-order valence-electron chi connectivity index (χ4n) is 12.9. The third kappa shape index (κ3) is 70.0. The molecule has 0 radical (unpaired) electrons. The minimum absolute atomic E-state index is 0.0258. The summed E-state index contributed by atoms with van der Waals surface area (Å²) in [6.45, 7) is 5.02. The summed E-state index contributed by atoms with van der Waals surface area (Å²) >= 11 is 0. The summed E-state index contributed by atoms with van der Waals surface area (Å²) in [5.74, 6) is 0.00173. The molecular formula is C78H155NO5. The predicted octanol–water partition coefficient (Wildman–Crippen LogP) is 25.7. The highest BCUT2D eigenvalue weighted by Crippen LogP contribution is 2.21. The van der Waals surface area contributed by atoms with E-state index in [0.29, 0.717) is 25.9 Å². The Morgan fingerprint density at radius 1 is 0.286 bits per heavy atom. The Hall–Kier alpha value is -1.14. The van der Waals surface area contributed by atoms with Crippen molar-refractivity contribution in [3.63, 3.8) is 0 Å². The van der Waals surface area contributed by atoms with E-state index in [1.54, 1.807) is 0 Å². The summed E-state index contributed by atoms with van der Waals surface area (Å²) in [4.78, 5) is 24.7. The Kier molecular flexibility index (Phi) is 73.3. The standard InChI is InChI=1S/C78H155NO5/c1-3-5-7-9-11-13-15-17-19-21-36-40-44-48-52-56-60-64-68-72-78(83)84-73-69-65-61-57-53-49-45-41-38-35-33-31-29-27-25-23-22-24-26-28-30-32-34-37-39-43-47-51-55-59-63-67-71-77(82)79-75(74-80)76(81)70-66-62-58-54-50-46-42-20-18-16-14-12-10-8-6-4-2/h75-76,80-81H,3-74H2,1-2H3,(H,79,82). The fourth-order valence-corrected chi connectivity index (χ4v) is 12.9. The molecule has 6 nitrogen and oxygen atoms in total. The average molecular weight is 1190 g/mol. The van der Waals surface area contributed by atoms with E-state index in [0.717, 1.165) is 38.5 Å². The van der Waals surface area contributed by atoms with Crippen LogP contribution in [0.5, 0.6) is 0 Å². The first kappa shape index (κ1) is 82.9. The monoisotopic (exact) mass is 1190 g/mol. The molecule has 502 valence electrons. The zero-order valence-corrected chi connectivity index (χ0v) is 57.7. The number of hydrogen-bond acceptors (Lipinski definition) is 5. The molecule has 0 aromatic heterocycles. The molecule has 0 aromatic carbocycles. The van der Waals surface area contributed by atoms with E-state index in [9.17, 15) is 19.8 Å². The molecule has 0 aliphatic carbocycles. The Morgan fingerprint density at radius 2 is 0.488 bits per heavy atom. The van der Waals surface area contributed by atoms with Crippen molar-refractivity contribution in [2.24, 2.45) is 0 Å². The number of esters is 1. The van der Waals surface area contributed by atoms with Gasteiger partial charge in [0.15, 0.2) is 0 Å². The Labute approximate surface area is 527 Å². The number of unbranched alkanes of at least 4 members (excludes halogenated alkanes) is 64. The van der Waals surface area contributed by atoms with Crippen LogP contribution in [0.15, 0.2) is 0 Å². The number of amides is 1. The molecule has 0 aliphatic rings. The number of rotatable bonds is 75. The van der Waals surface area contributed by atoms with E-state index in [1.807, 2.05) is 0 Å². The van der Waals surface area contributed by atoms with Crippen molar-refractivity contribution in [2.45, 2.75) is 475 Å². The molecule has 0 heterocycles. The van der Waals surface area contributed by atoms with Gasteiger partial charge in [0.05, 0.1) is 25.4 Å². The molecule has 84 heavy (non-hydrogen) atoms. The van der Waals surface area contributed by atoms with Crippen molar-refractivity contribution in [2.75, 3.05) is 13.2 Å². The lowest BCUT2D eigenvalue weighted by atomic mass is 10.0. The minimum atomic E-state index is -0.660. The highest BCUT2D eigenvalue weighted by atomic mass is 16.5.